The Morgan fingerprint density at radius 3 is 2.47 bits per heavy atom. The van der Waals surface area contributed by atoms with Gasteiger partial charge >= 0.3 is 0 Å². The smallest absolute Gasteiger partial charge is 0.290 e. The highest BCUT2D eigenvalue weighted by atomic mass is 16.5. The Morgan fingerprint density at radius 2 is 1.70 bits per heavy atom. The molecule has 0 spiro atoms. The maximum atomic E-state index is 12.9. The maximum absolute atomic E-state index is 12.9. The van der Waals surface area contributed by atoms with E-state index in [1.54, 1.807) is 18.5 Å². The zero-order valence-electron chi connectivity index (χ0n) is 16.8. The molecule has 5 heteroatoms. The number of rotatable bonds is 7. The van der Waals surface area contributed by atoms with Crippen molar-refractivity contribution in [1.29, 1.82) is 0 Å². The number of nitrogens with zero attached hydrogens (tertiary/aromatic N) is 2. The average molecular weight is 397 g/mol. The summed E-state index contributed by atoms with van der Waals surface area (Å²) >= 11 is 0. The van der Waals surface area contributed by atoms with Gasteiger partial charge in [0, 0.05) is 18.5 Å². The van der Waals surface area contributed by atoms with Gasteiger partial charge in [-0.15, -0.1) is 0 Å². The van der Waals surface area contributed by atoms with E-state index < -0.39 is 0 Å². The van der Waals surface area contributed by atoms with Gasteiger partial charge in [0.1, 0.15) is 0 Å². The molecule has 5 nitrogen and oxygen atoms in total. The highest BCUT2D eigenvalue weighted by molar-refractivity contribution is 5.92. The maximum Gasteiger partial charge on any atom is 0.290 e. The lowest BCUT2D eigenvalue weighted by atomic mass is 9.95. The monoisotopic (exact) mass is 397 g/mol. The number of carbonyl (C=O) groups is 1. The van der Waals surface area contributed by atoms with E-state index in [0.717, 1.165) is 28.8 Å². The minimum Gasteiger partial charge on any atom is -0.351 e. The van der Waals surface area contributed by atoms with Gasteiger partial charge in [-0.1, -0.05) is 59.8 Å². The van der Waals surface area contributed by atoms with Crippen LogP contribution < -0.4 is 5.32 Å². The van der Waals surface area contributed by atoms with Gasteiger partial charge in [0.2, 0.25) is 5.76 Å². The van der Waals surface area contributed by atoms with E-state index in [1.807, 2.05) is 61.5 Å². The lowest BCUT2D eigenvalue weighted by Gasteiger charge is -2.20. The Morgan fingerprint density at radius 1 is 0.967 bits per heavy atom. The van der Waals surface area contributed by atoms with Crippen molar-refractivity contribution in [3.8, 4) is 0 Å². The summed E-state index contributed by atoms with van der Waals surface area (Å²) in [6.07, 6.45) is 5.01. The summed E-state index contributed by atoms with van der Waals surface area (Å²) in [5.74, 6) is -0.0794. The molecule has 0 fully saturated rings. The SMILES string of the molecule is Cc1ccccc1[C@H](NC(=O)c1cc(CCc2ccccc2)no1)c1ccncc1. The molecule has 1 atom stereocenters. The average Bonchev–Trinajstić information content (AvgIpc) is 3.27. The second-order valence-electron chi connectivity index (χ2n) is 7.21. The van der Waals surface area contributed by atoms with Crippen molar-refractivity contribution in [3.63, 3.8) is 0 Å². The first kappa shape index (κ1) is 19.6. The molecule has 0 aliphatic rings. The van der Waals surface area contributed by atoms with Crippen molar-refractivity contribution in [2.24, 2.45) is 0 Å². The summed E-state index contributed by atoms with van der Waals surface area (Å²) in [7, 11) is 0. The largest absolute Gasteiger partial charge is 0.351 e. The number of carbonyl (C=O) groups excluding carboxylic acids is 1. The molecule has 2 aromatic carbocycles. The lowest BCUT2D eigenvalue weighted by Crippen LogP contribution is -2.29. The third kappa shape index (κ3) is 4.63. The number of hydrogen-bond acceptors (Lipinski definition) is 4. The molecule has 150 valence electrons. The van der Waals surface area contributed by atoms with Crippen molar-refractivity contribution in [1.82, 2.24) is 15.5 Å². The number of aryl methyl sites for hydroxylation is 3. The van der Waals surface area contributed by atoms with Crippen LogP contribution in [0, 0.1) is 6.92 Å². The quantitative estimate of drug-likeness (QED) is 0.492. The Balaban J connectivity index is 1.50. The number of aromatic nitrogens is 2. The fourth-order valence-corrected chi connectivity index (χ4v) is 3.46. The fourth-order valence-electron chi connectivity index (χ4n) is 3.46. The third-order valence-electron chi connectivity index (χ3n) is 5.11. The van der Waals surface area contributed by atoms with Crippen LogP contribution >= 0.6 is 0 Å². The van der Waals surface area contributed by atoms with Gasteiger partial charge in [0.05, 0.1) is 11.7 Å². The predicted molar refractivity (Wildman–Crippen MR) is 115 cm³/mol. The van der Waals surface area contributed by atoms with Gasteiger partial charge < -0.3 is 9.84 Å². The zero-order valence-corrected chi connectivity index (χ0v) is 16.8. The topological polar surface area (TPSA) is 68.0 Å². The second kappa shape index (κ2) is 9.18. The highest BCUT2D eigenvalue weighted by Crippen LogP contribution is 2.25. The lowest BCUT2D eigenvalue weighted by molar-refractivity contribution is 0.0905. The summed E-state index contributed by atoms with van der Waals surface area (Å²) < 4.78 is 5.34. The first-order valence-electron chi connectivity index (χ1n) is 9.96. The Kier molecular flexibility index (Phi) is 5.99. The molecule has 4 aromatic rings. The number of hydrogen-bond donors (Lipinski definition) is 1. The normalized spacial score (nSPS) is 11.8. The summed E-state index contributed by atoms with van der Waals surface area (Å²) in [4.78, 5) is 17.0. The molecule has 0 unspecified atom stereocenters. The fraction of sp³-hybridized carbons (Fsp3) is 0.160. The summed E-state index contributed by atoms with van der Waals surface area (Å²) in [5.41, 5.74) is 5.07. The molecule has 2 aromatic heterocycles. The second-order valence-corrected chi connectivity index (χ2v) is 7.21. The third-order valence-corrected chi connectivity index (χ3v) is 5.11. The van der Waals surface area contributed by atoms with Crippen LogP contribution in [0.1, 0.15) is 44.5 Å². The van der Waals surface area contributed by atoms with Crippen LogP contribution in [0.3, 0.4) is 0 Å². The molecule has 0 radical (unpaired) electrons. The van der Waals surface area contributed by atoms with Crippen molar-refractivity contribution in [2.75, 3.05) is 0 Å². The van der Waals surface area contributed by atoms with Gasteiger partial charge in [-0.2, -0.15) is 0 Å². The number of nitrogens with one attached hydrogen (secondary N) is 1. The first-order chi connectivity index (χ1) is 14.7. The highest BCUT2D eigenvalue weighted by Gasteiger charge is 2.22. The minimum absolute atomic E-state index is 0.214. The van der Waals surface area contributed by atoms with E-state index in [0.29, 0.717) is 6.42 Å². The molecule has 1 amide bonds. The predicted octanol–water partition coefficient (Wildman–Crippen LogP) is 4.68. The van der Waals surface area contributed by atoms with E-state index in [-0.39, 0.29) is 17.7 Å². The van der Waals surface area contributed by atoms with Crippen LogP contribution in [0.2, 0.25) is 0 Å². The van der Waals surface area contributed by atoms with E-state index in [2.05, 4.69) is 27.6 Å². The molecule has 1 N–H and O–H groups in total. The standard InChI is InChI=1S/C25H23N3O2/c1-18-7-5-6-10-22(18)24(20-13-15-26-16-14-20)27-25(29)23-17-21(28-30-23)12-11-19-8-3-2-4-9-19/h2-10,13-17,24H,11-12H2,1H3,(H,27,29)/t24-/m1/s1. The van der Waals surface area contributed by atoms with Gasteiger partial charge in [-0.3, -0.25) is 9.78 Å². The van der Waals surface area contributed by atoms with Crippen molar-refractivity contribution in [3.05, 3.63) is 119 Å². The summed E-state index contributed by atoms with van der Waals surface area (Å²) in [6.45, 7) is 2.03. The molecule has 0 saturated heterocycles. The molecule has 4 rings (SSSR count). The van der Waals surface area contributed by atoms with Crippen molar-refractivity contribution >= 4 is 5.91 Å². The van der Waals surface area contributed by atoms with Gasteiger partial charge in [0.15, 0.2) is 0 Å². The molecule has 0 bridgehead atoms. The number of pyridine rings is 1. The van der Waals surface area contributed by atoms with Crippen LogP contribution in [0.25, 0.3) is 0 Å². The van der Waals surface area contributed by atoms with Crippen LogP contribution in [0.15, 0.2) is 89.7 Å². The van der Waals surface area contributed by atoms with E-state index in [1.165, 1.54) is 5.56 Å². The molecular weight excluding hydrogens is 374 g/mol. The minimum atomic E-state index is -0.306. The van der Waals surface area contributed by atoms with Gasteiger partial charge in [-0.05, 0) is 54.2 Å². The van der Waals surface area contributed by atoms with Gasteiger partial charge in [-0.25, -0.2) is 0 Å². The molecule has 0 aliphatic carbocycles. The first-order valence-corrected chi connectivity index (χ1v) is 9.96. The summed E-state index contributed by atoms with van der Waals surface area (Å²) in [6, 6.07) is 23.4. The Labute approximate surface area is 175 Å². The number of amides is 1. The van der Waals surface area contributed by atoms with Crippen LogP contribution in [-0.4, -0.2) is 16.0 Å². The Hall–Kier alpha value is -3.73. The van der Waals surface area contributed by atoms with E-state index >= 15 is 0 Å². The van der Waals surface area contributed by atoms with Crippen molar-refractivity contribution in [2.45, 2.75) is 25.8 Å². The van der Waals surface area contributed by atoms with Crippen LogP contribution in [-0.2, 0) is 12.8 Å². The number of benzene rings is 2. The van der Waals surface area contributed by atoms with Crippen LogP contribution in [0.4, 0.5) is 0 Å². The van der Waals surface area contributed by atoms with E-state index in [4.69, 9.17) is 4.52 Å². The summed E-state index contributed by atoms with van der Waals surface area (Å²) in [5, 5.41) is 7.17. The molecule has 2 heterocycles. The molecule has 0 saturated carbocycles. The Bertz CT molecular complexity index is 1110. The molecule has 0 aliphatic heterocycles. The van der Waals surface area contributed by atoms with E-state index in [9.17, 15) is 4.79 Å². The van der Waals surface area contributed by atoms with Crippen LogP contribution in [0.5, 0.6) is 0 Å². The van der Waals surface area contributed by atoms with Crippen molar-refractivity contribution < 1.29 is 9.32 Å². The zero-order chi connectivity index (χ0) is 20.8. The molecule has 30 heavy (non-hydrogen) atoms. The van der Waals surface area contributed by atoms with Gasteiger partial charge in [0.25, 0.3) is 5.91 Å². The molecular formula is C25H23N3O2.